The highest BCUT2D eigenvalue weighted by Gasteiger charge is 2.57. The third-order valence-electron chi connectivity index (χ3n) is 7.79. The molecule has 1 amide bonds. The molecule has 2 aromatic rings. The molecule has 5 nitrogen and oxygen atoms in total. The molecule has 0 N–H and O–H groups in total. The number of ether oxygens (including phenoxy) is 1. The summed E-state index contributed by atoms with van der Waals surface area (Å²) in [5, 5.41) is 0. The maximum Gasteiger partial charge on any atom is 0.341 e. The van der Waals surface area contributed by atoms with E-state index in [0.717, 1.165) is 24.0 Å². The van der Waals surface area contributed by atoms with Crippen molar-refractivity contribution in [3.63, 3.8) is 0 Å². The Balaban J connectivity index is 1.23. The fraction of sp³-hybridized carbons (Fsp3) is 0.480. The number of aromatic nitrogens is 1. The predicted octanol–water partition coefficient (Wildman–Crippen LogP) is 4.07. The monoisotopic (exact) mass is 402 g/mol. The SMILES string of the molecule is O=C1O[C@]2(CCN(C(=O)C3(c4ccc(C5CCCC5)cc4)CC3)C2)c2ccncc21. The van der Waals surface area contributed by atoms with Crippen molar-refractivity contribution < 1.29 is 14.3 Å². The first-order chi connectivity index (χ1) is 14.6. The number of likely N-dealkylation sites (tertiary alicyclic amines) is 1. The summed E-state index contributed by atoms with van der Waals surface area (Å²) in [6.45, 7) is 1.06. The zero-order valence-corrected chi connectivity index (χ0v) is 17.1. The Morgan fingerprint density at radius 3 is 2.57 bits per heavy atom. The molecule has 3 heterocycles. The van der Waals surface area contributed by atoms with Gasteiger partial charge in [-0.3, -0.25) is 9.78 Å². The van der Waals surface area contributed by atoms with Crippen molar-refractivity contribution in [1.29, 1.82) is 0 Å². The number of hydrogen-bond donors (Lipinski definition) is 0. The van der Waals surface area contributed by atoms with E-state index in [1.165, 1.54) is 31.2 Å². The number of carbonyl (C=O) groups is 2. The summed E-state index contributed by atoms with van der Waals surface area (Å²) in [7, 11) is 0. The van der Waals surface area contributed by atoms with Crippen molar-refractivity contribution in [2.75, 3.05) is 13.1 Å². The van der Waals surface area contributed by atoms with Gasteiger partial charge in [0.05, 0.1) is 17.5 Å². The number of hydrogen-bond acceptors (Lipinski definition) is 4. The summed E-state index contributed by atoms with van der Waals surface area (Å²) < 4.78 is 5.80. The summed E-state index contributed by atoms with van der Waals surface area (Å²) in [5.74, 6) is 0.553. The Hall–Kier alpha value is -2.69. The lowest BCUT2D eigenvalue weighted by Gasteiger charge is -2.27. The zero-order chi connectivity index (χ0) is 20.3. The third-order valence-corrected chi connectivity index (χ3v) is 7.79. The molecule has 0 unspecified atom stereocenters. The number of rotatable bonds is 3. The highest BCUT2D eigenvalue weighted by molar-refractivity contribution is 5.95. The molecule has 2 saturated carbocycles. The lowest BCUT2D eigenvalue weighted by Crippen LogP contribution is -2.40. The Morgan fingerprint density at radius 1 is 1.07 bits per heavy atom. The number of nitrogens with zero attached hydrogens (tertiary/aromatic N) is 2. The maximum absolute atomic E-state index is 13.6. The highest BCUT2D eigenvalue weighted by atomic mass is 16.6. The second kappa shape index (κ2) is 6.40. The van der Waals surface area contributed by atoms with Gasteiger partial charge in [-0.25, -0.2) is 4.79 Å². The van der Waals surface area contributed by atoms with Gasteiger partial charge >= 0.3 is 5.97 Å². The van der Waals surface area contributed by atoms with Crippen LogP contribution in [0.4, 0.5) is 0 Å². The van der Waals surface area contributed by atoms with Crippen LogP contribution in [-0.4, -0.2) is 34.8 Å². The molecule has 1 aromatic heterocycles. The van der Waals surface area contributed by atoms with E-state index in [1.807, 2.05) is 11.0 Å². The van der Waals surface area contributed by atoms with Crippen LogP contribution in [0.25, 0.3) is 0 Å². The number of carbonyl (C=O) groups excluding carboxylic acids is 2. The summed E-state index contributed by atoms with van der Waals surface area (Å²) in [6.07, 6.45) is 11.0. The Bertz CT molecular complexity index is 1020. The zero-order valence-electron chi connectivity index (χ0n) is 17.1. The quantitative estimate of drug-likeness (QED) is 0.726. The van der Waals surface area contributed by atoms with Crippen LogP contribution in [0.15, 0.2) is 42.7 Å². The van der Waals surface area contributed by atoms with E-state index in [9.17, 15) is 9.59 Å². The Kier molecular flexibility index (Phi) is 3.86. The average molecular weight is 402 g/mol. The molecule has 1 aromatic carbocycles. The van der Waals surface area contributed by atoms with E-state index >= 15 is 0 Å². The van der Waals surface area contributed by atoms with Gasteiger partial charge in [-0.05, 0) is 48.8 Å². The minimum Gasteiger partial charge on any atom is -0.449 e. The molecule has 30 heavy (non-hydrogen) atoms. The first kappa shape index (κ1) is 18.1. The first-order valence-electron chi connectivity index (χ1n) is 11.2. The number of esters is 1. The summed E-state index contributed by atoms with van der Waals surface area (Å²) in [5.41, 5.74) is 2.89. The molecule has 154 valence electrons. The van der Waals surface area contributed by atoms with Crippen LogP contribution in [-0.2, 0) is 20.5 Å². The second-order valence-electron chi connectivity index (χ2n) is 9.47. The van der Waals surface area contributed by atoms with Crippen molar-refractivity contribution in [2.24, 2.45) is 0 Å². The molecule has 4 aliphatic rings. The molecule has 1 atom stereocenters. The van der Waals surface area contributed by atoms with Crippen LogP contribution in [0.2, 0.25) is 0 Å². The van der Waals surface area contributed by atoms with E-state index in [1.54, 1.807) is 12.4 Å². The van der Waals surface area contributed by atoms with Gasteiger partial charge in [0.15, 0.2) is 5.60 Å². The van der Waals surface area contributed by atoms with Gasteiger partial charge in [-0.15, -0.1) is 0 Å². The Morgan fingerprint density at radius 2 is 1.83 bits per heavy atom. The first-order valence-corrected chi connectivity index (χ1v) is 11.2. The molecule has 2 aliphatic heterocycles. The molecular weight excluding hydrogens is 376 g/mol. The smallest absolute Gasteiger partial charge is 0.341 e. The van der Waals surface area contributed by atoms with Gasteiger partial charge in [0, 0.05) is 30.9 Å². The van der Waals surface area contributed by atoms with Crippen molar-refractivity contribution in [2.45, 2.75) is 61.9 Å². The van der Waals surface area contributed by atoms with Crippen molar-refractivity contribution in [1.82, 2.24) is 9.88 Å². The molecule has 3 fully saturated rings. The van der Waals surface area contributed by atoms with Gasteiger partial charge in [-0.1, -0.05) is 37.1 Å². The van der Waals surface area contributed by atoms with E-state index < -0.39 is 5.60 Å². The normalized spacial score (nSPS) is 26.8. The van der Waals surface area contributed by atoms with Crippen molar-refractivity contribution in [3.8, 4) is 0 Å². The lowest BCUT2D eigenvalue weighted by molar-refractivity contribution is -0.134. The van der Waals surface area contributed by atoms with Crippen LogP contribution >= 0.6 is 0 Å². The molecule has 5 heteroatoms. The number of amides is 1. The van der Waals surface area contributed by atoms with Gasteiger partial charge in [0.2, 0.25) is 5.91 Å². The minimum absolute atomic E-state index is 0.187. The van der Waals surface area contributed by atoms with E-state index in [-0.39, 0.29) is 17.3 Å². The number of pyridine rings is 1. The number of benzene rings is 1. The Labute approximate surface area is 176 Å². The van der Waals surface area contributed by atoms with Gasteiger partial charge in [0.1, 0.15) is 0 Å². The molecule has 6 rings (SSSR count). The average Bonchev–Trinajstić information content (AvgIpc) is 3.13. The van der Waals surface area contributed by atoms with E-state index in [0.29, 0.717) is 31.0 Å². The van der Waals surface area contributed by atoms with Crippen LogP contribution in [0, 0.1) is 0 Å². The summed E-state index contributed by atoms with van der Waals surface area (Å²) in [6, 6.07) is 10.7. The van der Waals surface area contributed by atoms with Crippen LogP contribution in [0.5, 0.6) is 0 Å². The van der Waals surface area contributed by atoms with Gasteiger partial charge in [-0.2, -0.15) is 0 Å². The summed E-state index contributed by atoms with van der Waals surface area (Å²) in [4.78, 5) is 31.9. The molecule has 2 aliphatic carbocycles. The van der Waals surface area contributed by atoms with E-state index in [4.69, 9.17) is 4.74 Å². The fourth-order valence-electron chi connectivity index (χ4n) is 5.89. The second-order valence-corrected chi connectivity index (χ2v) is 9.47. The summed E-state index contributed by atoms with van der Waals surface area (Å²) >= 11 is 0. The minimum atomic E-state index is -0.701. The number of fused-ring (bicyclic) bond motifs is 2. The largest absolute Gasteiger partial charge is 0.449 e. The molecule has 1 saturated heterocycles. The van der Waals surface area contributed by atoms with Crippen LogP contribution in [0.3, 0.4) is 0 Å². The third kappa shape index (κ3) is 2.57. The van der Waals surface area contributed by atoms with Crippen molar-refractivity contribution in [3.05, 3.63) is 65.0 Å². The molecule has 1 spiro atoms. The molecule has 0 radical (unpaired) electrons. The van der Waals surface area contributed by atoms with Gasteiger partial charge < -0.3 is 9.64 Å². The van der Waals surface area contributed by atoms with E-state index in [2.05, 4.69) is 29.2 Å². The van der Waals surface area contributed by atoms with Crippen LogP contribution < -0.4 is 0 Å². The fourth-order valence-corrected chi connectivity index (χ4v) is 5.89. The molecular formula is C25H26N2O3. The maximum atomic E-state index is 13.6. The highest BCUT2D eigenvalue weighted by Crippen LogP contribution is 2.52. The topological polar surface area (TPSA) is 59.5 Å². The van der Waals surface area contributed by atoms with Crippen molar-refractivity contribution >= 4 is 11.9 Å². The van der Waals surface area contributed by atoms with Crippen LogP contribution in [0.1, 0.15) is 77.9 Å². The standard InChI is InChI=1S/C25H26N2O3/c28-22-20-15-26-13-9-21(20)25(30-22)12-14-27(16-25)23(29)24(10-11-24)19-7-5-18(6-8-19)17-3-1-2-4-17/h5-9,13,15,17H,1-4,10-12,14,16H2/t25-/m0/s1. The van der Waals surface area contributed by atoms with Gasteiger partial charge in [0.25, 0.3) is 0 Å². The molecule has 0 bridgehead atoms. The predicted molar refractivity (Wildman–Crippen MR) is 111 cm³/mol. The lowest BCUT2D eigenvalue weighted by atomic mass is 9.90.